The fourth-order valence-corrected chi connectivity index (χ4v) is 3.51. The molecule has 4 heteroatoms. The number of amides is 2. The molecule has 2 N–H and O–H groups in total. The normalized spacial score (nSPS) is 17.3. The minimum Gasteiger partial charge on any atom is -0.347 e. The number of fused-ring (bicyclic) bond motifs is 1. The molecule has 0 aliphatic heterocycles. The Morgan fingerprint density at radius 1 is 1.00 bits per heavy atom. The molecule has 0 saturated heterocycles. The predicted octanol–water partition coefficient (Wildman–Crippen LogP) is 3.63. The lowest BCUT2D eigenvalue weighted by Crippen LogP contribution is -2.50. The van der Waals surface area contributed by atoms with Gasteiger partial charge < -0.3 is 10.6 Å². The van der Waals surface area contributed by atoms with E-state index >= 15 is 0 Å². The number of nitrogens with one attached hydrogen (secondary N) is 2. The van der Waals surface area contributed by atoms with Gasteiger partial charge in [-0.05, 0) is 48.4 Å². The second-order valence-corrected chi connectivity index (χ2v) is 7.21. The van der Waals surface area contributed by atoms with Crippen LogP contribution >= 0.6 is 0 Å². The average Bonchev–Trinajstić information content (AvgIpc) is 2.66. The van der Waals surface area contributed by atoms with Crippen molar-refractivity contribution in [3.8, 4) is 0 Å². The summed E-state index contributed by atoms with van der Waals surface area (Å²) in [7, 11) is 0. The van der Waals surface area contributed by atoms with Crippen LogP contribution < -0.4 is 10.6 Å². The Balaban J connectivity index is 1.71. The molecule has 0 bridgehead atoms. The van der Waals surface area contributed by atoms with Gasteiger partial charge in [-0.25, -0.2) is 0 Å². The highest BCUT2D eigenvalue weighted by Gasteiger charge is 2.28. The van der Waals surface area contributed by atoms with E-state index in [-0.39, 0.29) is 23.8 Å². The standard InChI is InChI=1S/C22H26N2O2/c1-15(2)20(24-21(25)17-10-4-3-5-11-17)22(26)23-19-14-8-12-16-9-6-7-13-18(16)19/h3-7,9-11,13,15,19-20H,8,12,14H2,1-2H3,(H,23,26)(H,24,25)/t19-,20-/m1/s1. The summed E-state index contributed by atoms with van der Waals surface area (Å²) in [5.74, 6) is -0.337. The van der Waals surface area contributed by atoms with Crippen LogP contribution in [0.4, 0.5) is 0 Å². The van der Waals surface area contributed by atoms with Crippen molar-refractivity contribution < 1.29 is 9.59 Å². The lowest BCUT2D eigenvalue weighted by atomic mass is 9.87. The van der Waals surface area contributed by atoms with Gasteiger partial charge in [0.15, 0.2) is 0 Å². The molecule has 1 aliphatic carbocycles. The first-order chi connectivity index (χ1) is 12.6. The molecule has 0 fully saturated rings. The van der Waals surface area contributed by atoms with Crippen molar-refractivity contribution in [2.45, 2.75) is 45.2 Å². The third kappa shape index (κ3) is 4.13. The van der Waals surface area contributed by atoms with Gasteiger partial charge in [0.1, 0.15) is 6.04 Å². The second kappa shape index (κ2) is 8.17. The number of aryl methyl sites for hydroxylation is 1. The largest absolute Gasteiger partial charge is 0.347 e. The minimum atomic E-state index is -0.559. The molecule has 0 saturated carbocycles. The zero-order valence-electron chi connectivity index (χ0n) is 15.4. The van der Waals surface area contributed by atoms with Gasteiger partial charge in [-0.2, -0.15) is 0 Å². The second-order valence-electron chi connectivity index (χ2n) is 7.21. The van der Waals surface area contributed by atoms with Crippen LogP contribution in [0.3, 0.4) is 0 Å². The van der Waals surface area contributed by atoms with E-state index in [1.54, 1.807) is 12.1 Å². The van der Waals surface area contributed by atoms with Gasteiger partial charge in [-0.3, -0.25) is 9.59 Å². The summed E-state index contributed by atoms with van der Waals surface area (Å²) >= 11 is 0. The van der Waals surface area contributed by atoms with E-state index in [1.165, 1.54) is 11.1 Å². The van der Waals surface area contributed by atoms with Gasteiger partial charge in [-0.15, -0.1) is 0 Å². The van der Waals surface area contributed by atoms with Gasteiger partial charge in [0.2, 0.25) is 5.91 Å². The van der Waals surface area contributed by atoms with E-state index in [9.17, 15) is 9.59 Å². The van der Waals surface area contributed by atoms with Crippen molar-refractivity contribution in [2.75, 3.05) is 0 Å². The molecule has 3 rings (SSSR count). The smallest absolute Gasteiger partial charge is 0.251 e. The Bertz CT molecular complexity index is 771. The fraction of sp³-hybridized carbons (Fsp3) is 0.364. The lowest BCUT2D eigenvalue weighted by molar-refractivity contribution is -0.124. The van der Waals surface area contributed by atoms with Gasteiger partial charge in [-0.1, -0.05) is 56.3 Å². The topological polar surface area (TPSA) is 58.2 Å². The highest BCUT2D eigenvalue weighted by Crippen LogP contribution is 2.29. The maximum Gasteiger partial charge on any atom is 0.251 e. The van der Waals surface area contributed by atoms with E-state index in [0.29, 0.717) is 5.56 Å². The summed E-state index contributed by atoms with van der Waals surface area (Å²) in [5.41, 5.74) is 3.07. The maximum atomic E-state index is 12.9. The first kappa shape index (κ1) is 18.2. The van der Waals surface area contributed by atoms with Crippen LogP contribution in [0.1, 0.15) is 54.2 Å². The van der Waals surface area contributed by atoms with E-state index in [1.807, 2.05) is 44.2 Å². The van der Waals surface area contributed by atoms with Crippen molar-refractivity contribution in [3.63, 3.8) is 0 Å². The maximum absolute atomic E-state index is 12.9. The lowest BCUT2D eigenvalue weighted by Gasteiger charge is -2.29. The quantitative estimate of drug-likeness (QED) is 0.865. The summed E-state index contributed by atoms with van der Waals surface area (Å²) in [4.78, 5) is 25.4. The summed E-state index contributed by atoms with van der Waals surface area (Å²) in [6.45, 7) is 3.90. The highest BCUT2D eigenvalue weighted by atomic mass is 16.2. The molecule has 4 nitrogen and oxygen atoms in total. The zero-order valence-corrected chi connectivity index (χ0v) is 15.4. The van der Waals surface area contributed by atoms with Crippen molar-refractivity contribution >= 4 is 11.8 Å². The molecule has 2 atom stereocenters. The highest BCUT2D eigenvalue weighted by molar-refractivity contribution is 5.97. The molecule has 2 aromatic rings. The first-order valence-electron chi connectivity index (χ1n) is 9.30. The van der Waals surface area contributed by atoms with E-state index in [0.717, 1.165) is 19.3 Å². The van der Waals surface area contributed by atoms with E-state index in [4.69, 9.17) is 0 Å². The van der Waals surface area contributed by atoms with Crippen LogP contribution in [0.5, 0.6) is 0 Å². The summed E-state index contributed by atoms with van der Waals surface area (Å²) in [6, 6.07) is 16.7. The molecule has 0 spiro atoms. The first-order valence-corrected chi connectivity index (χ1v) is 9.30. The van der Waals surface area contributed by atoms with Crippen LogP contribution in [-0.4, -0.2) is 17.9 Å². The number of hydrogen-bond donors (Lipinski definition) is 2. The monoisotopic (exact) mass is 350 g/mol. The van der Waals surface area contributed by atoms with Gasteiger partial charge in [0, 0.05) is 5.56 Å². The van der Waals surface area contributed by atoms with Crippen LogP contribution in [0.25, 0.3) is 0 Å². The Labute approximate surface area is 155 Å². The number of benzene rings is 2. The Morgan fingerprint density at radius 2 is 1.69 bits per heavy atom. The minimum absolute atomic E-state index is 0.00139. The third-order valence-electron chi connectivity index (χ3n) is 4.96. The molecule has 0 aromatic heterocycles. The Morgan fingerprint density at radius 3 is 2.42 bits per heavy atom. The molecule has 26 heavy (non-hydrogen) atoms. The molecule has 0 heterocycles. The summed E-state index contributed by atoms with van der Waals surface area (Å²) in [5, 5.41) is 6.05. The van der Waals surface area contributed by atoms with Crippen molar-refractivity contribution in [1.82, 2.24) is 10.6 Å². The molecular weight excluding hydrogens is 324 g/mol. The van der Waals surface area contributed by atoms with Crippen LogP contribution in [0.15, 0.2) is 54.6 Å². The van der Waals surface area contributed by atoms with Crippen LogP contribution in [-0.2, 0) is 11.2 Å². The van der Waals surface area contributed by atoms with Crippen LogP contribution in [0.2, 0.25) is 0 Å². The Kier molecular flexibility index (Phi) is 5.71. The molecule has 0 radical (unpaired) electrons. The molecule has 2 amide bonds. The summed E-state index contributed by atoms with van der Waals surface area (Å²) < 4.78 is 0. The predicted molar refractivity (Wildman–Crippen MR) is 103 cm³/mol. The molecule has 136 valence electrons. The third-order valence-corrected chi connectivity index (χ3v) is 4.96. The molecule has 0 unspecified atom stereocenters. The summed E-state index contributed by atoms with van der Waals surface area (Å²) in [6.07, 6.45) is 3.05. The zero-order chi connectivity index (χ0) is 18.5. The molecular formula is C22H26N2O2. The van der Waals surface area contributed by atoms with Crippen molar-refractivity contribution in [1.29, 1.82) is 0 Å². The molecule has 2 aromatic carbocycles. The molecule has 1 aliphatic rings. The number of carbonyl (C=O) groups is 2. The number of carbonyl (C=O) groups excluding carboxylic acids is 2. The average molecular weight is 350 g/mol. The number of hydrogen-bond acceptors (Lipinski definition) is 2. The Hall–Kier alpha value is -2.62. The van der Waals surface area contributed by atoms with Gasteiger partial charge in [0.05, 0.1) is 6.04 Å². The van der Waals surface area contributed by atoms with Crippen LogP contribution in [0, 0.1) is 5.92 Å². The van der Waals surface area contributed by atoms with E-state index < -0.39 is 6.04 Å². The number of rotatable bonds is 5. The fourth-order valence-electron chi connectivity index (χ4n) is 3.51. The SMILES string of the molecule is CC(C)[C@@H](NC(=O)c1ccccc1)C(=O)N[C@@H]1CCCc2ccccc21. The van der Waals surface area contributed by atoms with Crippen molar-refractivity contribution in [2.24, 2.45) is 5.92 Å². The van der Waals surface area contributed by atoms with Gasteiger partial charge in [0.25, 0.3) is 5.91 Å². The van der Waals surface area contributed by atoms with E-state index in [2.05, 4.69) is 22.8 Å². The van der Waals surface area contributed by atoms with Crippen molar-refractivity contribution in [3.05, 3.63) is 71.3 Å². The van der Waals surface area contributed by atoms with Gasteiger partial charge >= 0.3 is 0 Å².